The van der Waals surface area contributed by atoms with Gasteiger partial charge in [-0.1, -0.05) is 127 Å². The Labute approximate surface area is 163 Å². The maximum Gasteiger partial charge on any atom is 0.00299 e. The van der Waals surface area contributed by atoms with Gasteiger partial charge in [-0.2, -0.15) is 0 Å². The van der Waals surface area contributed by atoms with E-state index in [-0.39, 0.29) is 0 Å². The molecule has 0 N–H and O–H groups in total. The van der Waals surface area contributed by atoms with Crippen LogP contribution in [0.3, 0.4) is 0 Å². The SMILES string of the molecule is CCCCCCCCCCCCCCCCC1C=C(C)c2ccccc21. The summed E-state index contributed by atoms with van der Waals surface area (Å²) in [5.74, 6) is 0.684. The summed E-state index contributed by atoms with van der Waals surface area (Å²) in [6, 6.07) is 8.98. The Hall–Kier alpha value is -1.04. The predicted molar refractivity (Wildman–Crippen MR) is 118 cm³/mol. The summed E-state index contributed by atoms with van der Waals surface area (Å²) >= 11 is 0. The molecule has 0 amide bonds. The highest BCUT2D eigenvalue weighted by atomic mass is 14.2. The van der Waals surface area contributed by atoms with E-state index in [4.69, 9.17) is 0 Å². The third-order valence-corrected chi connectivity index (χ3v) is 6.10. The maximum absolute atomic E-state index is 2.49. The van der Waals surface area contributed by atoms with Crippen molar-refractivity contribution in [3.63, 3.8) is 0 Å². The predicted octanol–water partition coefficient (Wildman–Crippen LogP) is 9.06. The van der Waals surface area contributed by atoms with E-state index in [1.807, 2.05) is 0 Å². The molecule has 0 radical (unpaired) electrons. The van der Waals surface area contributed by atoms with Crippen LogP contribution in [-0.4, -0.2) is 0 Å². The van der Waals surface area contributed by atoms with Crippen molar-refractivity contribution in [3.05, 3.63) is 41.5 Å². The fraction of sp³-hybridized carbons (Fsp3) is 0.692. The van der Waals surface area contributed by atoms with E-state index in [2.05, 4.69) is 44.2 Å². The number of unbranched alkanes of at least 4 members (excludes halogenated alkanes) is 13. The van der Waals surface area contributed by atoms with Crippen molar-refractivity contribution in [2.24, 2.45) is 0 Å². The second kappa shape index (κ2) is 13.2. The van der Waals surface area contributed by atoms with E-state index in [0.717, 1.165) is 0 Å². The Morgan fingerprint density at radius 2 is 1.15 bits per heavy atom. The van der Waals surface area contributed by atoms with Crippen LogP contribution < -0.4 is 0 Å². The maximum atomic E-state index is 2.49. The lowest BCUT2D eigenvalue weighted by atomic mass is 9.94. The molecule has 0 fully saturated rings. The number of rotatable bonds is 15. The Balaban J connectivity index is 1.39. The van der Waals surface area contributed by atoms with E-state index in [1.165, 1.54) is 107 Å². The first kappa shape index (κ1) is 21.3. The quantitative estimate of drug-likeness (QED) is 0.275. The minimum Gasteiger partial charge on any atom is -0.0734 e. The molecule has 0 saturated carbocycles. The second-order valence-electron chi connectivity index (χ2n) is 8.43. The lowest BCUT2D eigenvalue weighted by Gasteiger charge is -2.10. The first-order valence-corrected chi connectivity index (χ1v) is 11.6. The molecule has 1 aliphatic rings. The van der Waals surface area contributed by atoms with Crippen LogP contribution in [0, 0.1) is 0 Å². The average Bonchev–Trinajstić information content (AvgIpc) is 2.98. The molecule has 1 aromatic rings. The molecule has 0 spiro atoms. The molecule has 0 aliphatic heterocycles. The molecular weight excluding hydrogens is 312 g/mol. The van der Waals surface area contributed by atoms with E-state index in [1.54, 1.807) is 5.56 Å². The average molecular weight is 355 g/mol. The Morgan fingerprint density at radius 1 is 0.654 bits per heavy atom. The first-order chi connectivity index (χ1) is 12.8. The Bertz CT molecular complexity index is 511. The summed E-state index contributed by atoms with van der Waals surface area (Å²) in [7, 11) is 0. The van der Waals surface area contributed by atoms with Crippen LogP contribution in [0.25, 0.3) is 5.57 Å². The summed E-state index contributed by atoms with van der Waals surface area (Å²) in [5, 5.41) is 0. The summed E-state index contributed by atoms with van der Waals surface area (Å²) in [6.07, 6.45) is 24.1. The smallest absolute Gasteiger partial charge is 0.00299 e. The minimum absolute atomic E-state index is 0.684. The van der Waals surface area contributed by atoms with Gasteiger partial charge in [0.25, 0.3) is 0 Å². The van der Waals surface area contributed by atoms with Crippen molar-refractivity contribution in [1.29, 1.82) is 0 Å². The van der Waals surface area contributed by atoms with Gasteiger partial charge in [0, 0.05) is 5.92 Å². The van der Waals surface area contributed by atoms with Gasteiger partial charge in [-0.3, -0.25) is 0 Å². The van der Waals surface area contributed by atoms with Gasteiger partial charge >= 0.3 is 0 Å². The van der Waals surface area contributed by atoms with Gasteiger partial charge in [0.05, 0.1) is 0 Å². The van der Waals surface area contributed by atoms with E-state index < -0.39 is 0 Å². The zero-order valence-corrected chi connectivity index (χ0v) is 17.6. The van der Waals surface area contributed by atoms with Gasteiger partial charge < -0.3 is 0 Å². The largest absolute Gasteiger partial charge is 0.0734 e. The standard InChI is InChI=1S/C26H42/c1-3-4-5-6-7-8-9-10-11-12-13-14-15-16-19-24-22-23(2)25-20-17-18-21-26(24)25/h17-18,20-22,24H,3-16,19H2,1-2H3. The lowest BCUT2D eigenvalue weighted by Crippen LogP contribution is -1.93. The molecule has 0 bridgehead atoms. The van der Waals surface area contributed by atoms with Crippen LogP contribution in [-0.2, 0) is 0 Å². The molecule has 26 heavy (non-hydrogen) atoms. The Morgan fingerprint density at radius 3 is 1.73 bits per heavy atom. The summed E-state index contributed by atoms with van der Waals surface area (Å²) < 4.78 is 0. The highest BCUT2D eigenvalue weighted by molar-refractivity contribution is 5.73. The van der Waals surface area contributed by atoms with Crippen molar-refractivity contribution in [2.45, 2.75) is 116 Å². The minimum atomic E-state index is 0.684. The molecule has 1 atom stereocenters. The molecule has 0 saturated heterocycles. The van der Waals surface area contributed by atoms with Gasteiger partial charge in [-0.25, -0.2) is 0 Å². The normalized spacial score (nSPS) is 15.9. The topological polar surface area (TPSA) is 0 Å². The number of benzene rings is 1. The lowest BCUT2D eigenvalue weighted by molar-refractivity contribution is 0.529. The summed E-state index contributed by atoms with van der Waals surface area (Å²) in [6.45, 7) is 4.57. The molecule has 2 rings (SSSR count). The van der Waals surface area contributed by atoms with Crippen molar-refractivity contribution < 1.29 is 0 Å². The fourth-order valence-electron chi connectivity index (χ4n) is 4.46. The van der Waals surface area contributed by atoms with Crippen molar-refractivity contribution in [3.8, 4) is 0 Å². The van der Waals surface area contributed by atoms with Crippen molar-refractivity contribution in [2.75, 3.05) is 0 Å². The fourth-order valence-corrected chi connectivity index (χ4v) is 4.46. The molecule has 1 aliphatic carbocycles. The number of allylic oxidation sites excluding steroid dienone is 2. The van der Waals surface area contributed by atoms with Crippen LogP contribution in [0.15, 0.2) is 30.3 Å². The van der Waals surface area contributed by atoms with E-state index >= 15 is 0 Å². The third-order valence-electron chi connectivity index (χ3n) is 6.10. The second-order valence-corrected chi connectivity index (χ2v) is 8.43. The third kappa shape index (κ3) is 7.68. The van der Waals surface area contributed by atoms with Crippen LogP contribution in [0.1, 0.15) is 127 Å². The van der Waals surface area contributed by atoms with E-state index in [9.17, 15) is 0 Å². The van der Waals surface area contributed by atoms with Crippen molar-refractivity contribution in [1.82, 2.24) is 0 Å². The molecule has 0 nitrogen and oxygen atoms in total. The Kier molecular flexibility index (Phi) is 10.8. The van der Waals surface area contributed by atoms with Crippen LogP contribution in [0.5, 0.6) is 0 Å². The number of hydrogen-bond acceptors (Lipinski definition) is 0. The number of fused-ring (bicyclic) bond motifs is 1. The first-order valence-electron chi connectivity index (χ1n) is 11.6. The summed E-state index contributed by atoms with van der Waals surface area (Å²) in [5.41, 5.74) is 4.54. The number of hydrogen-bond donors (Lipinski definition) is 0. The van der Waals surface area contributed by atoms with Gasteiger partial charge in [0.15, 0.2) is 0 Å². The molecule has 0 aromatic heterocycles. The summed E-state index contributed by atoms with van der Waals surface area (Å²) in [4.78, 5) is 0. The molecule has 146 valence electrons. The van der Waals surface area contributed by atoms with E-state index in [0.29, 0.717) is 5.92 Å². The van der Waals surface area contributed by atoms with Gasteiger partial charge in [-0.05, 0) is 30.0 Å². The molecule has 1 unspecified atom stereocenters. The van der Waals surface area contributed by atoms with Crippen LogP contribution in [0.4, 0.5) is 0 Å². The van der Waals surface area contributed by atoms with Gasteiger partial charge in [0.1, 0.15) is 0 Å². The molecular formula is C26H42. The zero-order valence-electron chi connectivity index (χ0n) is 17.6. The zero-order chi connectivity index (χ0) is 18.5. The molecule has 1 aromatic carbocycles. The van der Waals surface area contributed by atoms with Crippen LogP contribution in [0.2, 0.25) is 0 Å². The monoisotopic (exact) mass is 354 g/mol. The van der Waals surface area contributed by atoms with Gasteiger partial charge in [-0.15, -0.1) is 0 Å². The molecule has 0 heteroatoms. The highest BCUT2D eigenvalue weighted by Crippen LogP contribution is 2.38. The highest BCUT2D eigenvalue weighted by Gasteiger charge is 2.19. The van der Waals surface area contributed by atoms with Gasteiger partial charge in [0.2, 0.25) is 0 Å². The molecule has 0 heterocycles. The van der Waals surface area contributed by atoms with Crippen LogP contribution >= 0.6 is 0 Å². The van der Waals surface area contributed by atoms with Crippen molar-refractivity contribution >= 4 is 5.57 Å².